The van der Waals surface area contributed by atoms with Gasteiger partial charge in [0.2, 0.25) is 0 Å². The van der Waals surface area contributed by atoms with E-state index in [2.05, 4.69) is 4.98 Å². The summed E-state index contributed by atoms with van der Waals surface area (Å²) in [6.45, 7) is 0. The monoisotopic (exact) mass is 228 g/mol. The Morgan fingerprint density at radius 2 is 2.12 bits per heavy atom. The molecule has 1 aromatic heterocycles. The Kier molecular flexibility index (Phi) is 2.30. The largest absolute Gasteiger partial charge is 0.506 e. The van der Waals surface area contributed by atoms with Gasteiger partial charge in [-0.05, 0) is 43.4 Å². The molecule has 1 aliphatic rings. The first-order valence-electron chi connectivity index (χ1n) is 6.02. The number of nitrogens with two attached hydrogens (primary N) is 1. The van der Waals surface area contributed by atoms with Crippen LogP contribution in [-0.2, 0) is 6.42 Å². The highest BCUT2D eigenvalue weighted by molar-refractivity contribution is 5.86. The van der Waals surface area contributed by atoms with E-state index in [1.54, 1.807) is 12.3 Å². The third kappa shape index (κ3) is 1.98. The van der Waals surface area contributed by atoms with Crippen molar-refractivity contribution in [1.29, 1.82) is 0 Å². The van der Waals surface area contributed by atoms with Gasteiger partial charge in [-0.2, -0.15) is 0 Å². The number of nitrogens with zero attached hydrogens (tertiary/aromatic N) is 1. The topological polar surface area (TPSA) is 59.1 Å². The number of para-hydroxylation sites is 1. The van der Waals surface area contributed by atoms with Crippen LogP contribution in [0.25, 0.3) is 10.9 Å². The third-order valence-corrected chi connectivity index (χ3v) is 3.62. The van der Waals surface area contributed by atoms with Gasteiger partial charge in [-0.25, -0.2) is 0 Å². The van der Waals surface area contributed by atoms with E-state index < -0.39 is 0 Å². The summed E-state index contributed by atoms with van der Waals surface area (Å²) >= 11 is 0. The summed E-state index contributed by atoms with van der Waals surface area (Å²) in [5, 5.41) is 10.8. The van der Waals surface area contributed by atoms with Gasteiger partial charge in [0.25, 0.3) is 0 Å². The molecule has 0 unspecified atom stereocenters. The van der Waals surface area contributed by atoms with Crippen LogP contribution < -0.4 is 5.73 Å². The molecule has 3 rings (SSSR count). The molecule has 3 nitrogen and oxygen atoms in total. The number of aromatic hydroxyl groups is 1. The number of fused-ring (bicyclic) bond motifs is 1. The number of phenols is 1. The molecular weight excluding hydrogens is 212 g/mol. The van der Waals surface area contributed by atoms with Gasteiger partial charge in [-0.3, -0.25) is 4.98 Å². The maximum Gasteiger partial charge on any atom is 0.141 e. The maximum absolute atomic E-state index is 9.75. The normalized spacial score (nSPS) is 17.2. The molecule has 1 aliphatic carbocycles. The van der Waals surface area contributed by atoms with Crippen LogP contribution in [-0.4, -0.2) is 15.6 Å². The minimum absolute atomic E-state index is 0.0758. The highest BCUT2D eigenvalue weighted by Crippen LogP contribution is 2.37. The number of hydrogen-bond donors (Lipinski definition) is 2. The number of rotatable bonds is 3. The summed E-state index contributed by atoms with van der Waals surface area (Å²) in [4.78, 5) is 4.22. The zero-order valence-corrected chi connectivity index (χ0v) is 9.69. The second-order valence-corrected chi connectivity index (χ2v) is 5.01. The molecule has 1 fully saturated rings. The van der Waals surface area contributed by atoms with Crippen LogP contribution in [0.15, 0.2) is 30.5 Å². The predicted octanol–water partition coefficient (Wildman–Crippen LogP) is 2.36. The average molecular weight is 228 g/mol. The lowest BCUT2D eigenvalue weighted by molar-refractivity contribution is 0.480. The molecule has 1 heterocycles. The van der Waals surface area contributed by atoms with Gasteiger partial charge >= 0.3 is 0 Å². The van der Waals surface area contributed by atoms with Crippen LogP contribution in [0.2, 0.25) is 0 Å². The fourth-order valence-corrected chi connectivity index (χ4v) is 2.23. The number of benzene rings is 1. The molecule has 0 saturated heterocycles. The Hall–Kier alpha value is -1.61. The molecule has 1 saturated carbocycles. The van der Waals surface area contributed by atoms with Crippen molar-refractivity contribution >= 4 is 10.9 Å². The lowest BCUT2D eigenvalue weighted by Gasteiger charge is -2.10. The molecule has 88 valence electrons. The van der Waals surface area contributed by atoms with Gasteiger partial charge in [-0.1, -0.05) is 12.1 Å². The van der Waals surface area contributed by atoms with E-state index in [1.807, 2.05) is 18.2 Å². The van der Waals surface area contributed by atoms with Crippen molar-refractivity contribution < 1.29 is 5.11 Å². The van der Waals surface area contributed by atoms with E-state index >= 15 is 0 Å². The highest BCUT2D eigenvalue weighted by Gasteiger charge is 2.37. The van der Waals surface area contributed by atoms with E-state index in [1.165, 1.54) is 5.56 Å². The molecule has 17 heavy (non-hydrogen) atoms. The van der Waals surface area contributed by atoms with Crippen molar-refractivity contribution in [1.82, 2.24) is 4.98 Å². The first-order chi connectivity index (χ1) is 8.18. The molecule has 3 heteroatoms. The molecule has 0 radical (unpaired) electrons. The van der Waals surface area contributed by atoms with Crippen molar-refractivity contribution in [3.63, 3.8) is 0 Å². The molecule has 0 bridgehead atoms. The number of aromatic nitrogens is 1. The minimum atomic E-state index is 0.0758. The van der Waals surface area contributed by atoms with Crippen LogP contribution >= 0.6 is 0 Å². The molecule has 3 N–H and O–H groups in total. The lowest BCUT2D eigenvalue weighted by Crippen LogP contribution is -2.22. The lowest BCUT2D eigenvalue weighted by atomic mass is 10.0. The van der Waals surface area contributed by atoms with Crippen LogP contribution in [0.5, 0.6) is 5.75 Å². The zero-order chi connectivity index (χ0) is 11.9. The summed E-state index contributed by atoms with van der Waals surface area (Å²) < 4.78 is 0. The van der Waals surface area contributed by atoms with Gasteiger partial charge in [0, 0.05) is 17.1 Å². The first-order valence-corrected chi connectivity index (χ1v) is 6.02. The number of hydrogen-bond acceptors (Lipinski definition) is 3. The van der Waals surface area contributed by atoms with Crippen LogP contribution in [0.3, 0.4) is 0 Å². The highest BCUT2D eigenvalue weighted by atomic mass is 16.3. The summed E-state index contributed by atoms with van der Waals surface area (Å²) in [6, 6.07) is 7.56. The van der Waals surface area contributed by atoms with Crippen LogP contribution in [0.4, 0.5) is 0 Å². The molecule has 0 aliphatic heterocycles. The zero-order valence-electron chi connectivity index (χ0n) is 9.69. The van der Waals surface area contributed by atoms with Gasteiger partial charge < -0.3 is 10.8 Å². The molecule has 0 amide bonds. The molecule has 2 aromatic rings. The average Bonchev–Trinajstić information content (AvgIpc) is 3.06. The maximum atomic E-state index is 9.75. The van der Waals surface area contributed by atoms with E-state index in [0.29, 0.717) is 5.52 Å². The smallest absolute Gasteiger partial charge is 0.141 e. The summed E-state index contributed by atoms with van der Waals surface area (Å²) in [5.41, 5.74) is 8.09. The molecule has 1 aromatic carbocycles. The fraction of sp³-hybridized carbons (Fsp3) is 0.357. The second-order valence-electron chi connectivity index (χ2n) is 5.01. The Morgan fingerprint density at radius 3 is 2.88 bits per heavy atom. The molecule has 0 atom stereocenters. The Labute approximate surface area is 100 Å². The van der Waals surface area contributed by atoms with Crippen molar-refractivity contribution in [2.45, 2.75) is 31.2 Å². The Bertz CT molecular complexity index is 561. The molecule has 0 spiro atoms. The Morgan fingerprint density at radius 1 is 1.29 bits per heavy atom. The van der Waals surface area contributed by atoms with E-state index in [4.69, 9.17) is 5.73 Å². The SMILES string of the molecule is NC1(CCc2ccnc3c(O)cccc23)CC1. The van der Waals surface area contributed by atoms with E-state index in [-0.39, 0.29) is 11.3 Å². The quantitative estimate of drug-likeness (QED) is 0.847. The third-order valence-electron chi connectivity index (χ3n) is 3.62. The fourth-order valence-electron chi connectivity index (χ4n) is 2.23. The van der Waals surface area contributed by atoms with Gasteiger partial charge in [0.15, 0.2) is 0 Å². The van der Waals surface area contributed by atoms with E-state index in [9.17, 15) is 5.11 Å². The standard InChI is InChI=1S/C14H16N2O/c15-14(7-8-14)6-4-10-5-9-16-13-11(10)2-1-3-12(13)17/h1-3,5,9,17H,4,6-8,15H2. The van der Waals surface area contributed by atoms with Crippen LogP contribution in [0, 0.1) is 0 Å². The van der Waals surface area contributed by atoms with Gasteiger partial charge in [0.1, 0.15) is 11.3 Å². The minimum Gasteiger partial charge on any atom is -0.506 e. The van der Waals surface area contributed by atoms with E-state index in [0.717, 1.165) is 31.1 Å². The van der Waals surface area contributed by atoms with Crippen molar-refractivity contribution in [3.05, 3.63) is 36.0 Å². The van der Waals surface area contributed by atoms with Gasteiger partial charge in [0.05, 0.1) is 0 Å². The number of aryl methyl sites for hydroxylation is 1. The van der Waals surface area contributed by atoms with Crippen molar-refractivity contribution in [3.8, 4) is 5.75 Å². The van der Waals surface area contributed by atoms with Crippen LogP contribution in [0.1, 0.15) is 24.8 Å². The number of pyridine rings is 1. The molecular formula is C14H16N2O. The Balaban J connectivity index is 1.95. The van der Waals surface area contributed by atoms with Crippen molar-refractivity contribution in [2.75, 3.05) is 0 Å². The van der Waals surface area contributed by atoms with Crippen molar-refractivity contribution in [2.24, 2.45) is 5.73 Å². The van der Waals surface area contributed by atoms with Gasteiger partial charge in [-0.15, -0.1) is 0 Å². The summed E-state index contributed by atoms with van der Waals surface area (Å²) in [6.07, 6.45) is 6.01. The predicted molar refractivity (Wildman–Crippen MR) is 67.9 cm³/mol. The second kappa shape index (κ2) is 3.70. The first kappa shape index (κ1) is 10.5. The number of phenolic OH excluding ortho intramolecular Hbond substituents is 1. The summed E-state index contributed by atoms with van der Waals surface area (Å²) in [5.74, 6) is 0.248. The summed E-state index contributed by atoms with van der Waals surface area (Å²) in [7, 11) is 0.